The van der Waals surface area contributed by atoms with E-state index in [2.05, 4.69) is 0 Å². The van der Waals surface area contributed by atoms with Crippen LogP contribution >= 0.6 is 11.8 Å². The number of ether oxygens (including phenoxy) is 3. The maximum absolute atomic E-state index is 12.7. The van der Waals surface area contributed by atoms with Crippen molar-refractivity contribution in [2.45, 2.75) is 30.4 Å². The Labute approximate surface area is 199 Å². The summed E-state index contributed by atoms with van der Waals surface area (Å²) in [6.07, 6.45) is -4.37. The van der Waals surface area contributed by atoms with Gasteiger partial charge in [0.15, 0.2) is 6.61 Å². The molecule has 5 nitrogen and oxygen atoms in total. The molecule has 0 aromatic heterocycles. The summed E-state index contributed by atoms with van der Waals surface area (Å²) in [5.74, 6) is 1.11. The van der Waals surface area contributed by atoms with Gasteiger partial charge < -0.3 is 19.3 Å². The number of methoxy groups -OCH3 is 1. The third kappa shape index (κ3) is 6.84. The molecule has 3 aromatic rings. The molecule has 0 spiro atoms. The summed E-state index contributed by atoms with van der Waals surface area (Å²) in [5, 5.41) is 8.83. The minimum atomic E-state index is -4.37. The van der Waals surface area contributed by atoms with Crippen LogP contribution in [0.4, 0.5) is 13.2 Å². The summed E-state index contributed by atoms with van der Waals surface area (Å²) >= 11 is 1.51. The second-order valence-corrected chi connectivity index (χ2v) is 8.35. The van der Waals surface area contributed by atoms with Crippen molar-refractivity contribution in [2.75, 3.05) is 13.7 Å². The number of thioether (sulfide) groups is 1. The van der Waals surface area contributed by atoms with E-state index in [1.165, 1.54) is 31.0 Å². The zero-order valence-corrected chi connectivity index (χ0v) is 19.3. The lowest BCUT2D eigenvalue weighted by Crippen LogP contribution is -2.10. The van der Waals surface area contributed by atoms with Crippen LogP contribution in [0.1, 0.15) is 22.3 Å². The summed E-state index contributed by atoms with van der Waals surface area (Å²) in [7, 11) is 1.52. The maximum atomic E-state index is 12.7. The lowest BCUT2D eigenvalue weighted by Gasteiger charge is -2.15. The number of carbonyl (C=O) groups is 1. The second kappa shape index (κ2) is 11.2. The van der Waals surface area contributed by atoms with Crippen LogP contribution < -0.4 is 14.2 Å². The summed E-state index contributed by atoms with van der Waals surface area (Å²) < 4.78 is 54.9. The lowest BCUT2D eigenvalue weighted by molar-refractivity contribution is -0.139. The predicted molar refractivity (Wildman–Crippen MR) is 123 cm³/mol. The Balaban J connectivity index is 1.68. The molecule has 0 unspecified atom stereocenters. The number of halogens is 3. The van der Waals surface area contributed by atoms with Gasteiger partial charge >= 0.3 is 12.1 Å². The van der Waals surface area contributed by atoms with Crippen LogP contribution in [0.3, 0.4) is 0 Å². The maximum Gasteiger partial charge on any atom is 0.416 e. The van der Waals surface area contributed by atoms with Crippen LogP contribution in [0.15, 0.2) is 65.6 Å². The number of carboxylic acids is 1. The first-order valence-electron chi connectivity index (χ1n) is 10.2. The minimum Gasteiger partial charge on any atom is -0.495 e. The summed E-state index contributed by atoms with van der Waals surface area (Å²) in [4.78, 5) is 11.6. The van der Waals surface area contributed by atoms with E-state index in [4.69, 9.17) is 19.3 Å². The zero-order valence-electron chi connectivity index (χ0n) is 18.5. The molecule has 3 aromatic carbocycles. The molecule has 0 atom stereocenters. The first-order chi connectivity index (χ1) is 16.2. The van der Waals surface area contributed by atoms with E-state index < -0.39 is 24.3 Å². The lowest BCUT2D eigenvalue weighted by atomic mass is 10.1. The first kappa shape index (κ1) is 25.3. The van der Waals surface area contributed by atoms with Gasteiger partial charge in [0.25, 0.3) is 0 Å². The van der Waals surface area contributed by atoms with Crippen LogP contribution in [0, 0.1) is 6.92 Å². The molecule has 0 saturated heterocycles. The number of hydrogen-bond acceptors (Lipinski definition) is 5. The van der Waals surface area contributed by atoms with E-state index in [9.17, 15) is 18.0 Å². The molecule has 0 saturated carbocycles. The molecule has 0 radical (unpaired) electrons. The van der Waals surface area contributed by atoms with Crippen molar-refractivity contribution in [3.05, 3.63) is 82.9 Å². The molecule has 0 aliphatic heterocycles. The van der Waals surface area contributed by atoms with Gasteiger partial charge in [-0.25, -0.2) is 4.79 Å². The SMILES string of the molecule is COc1cc(OCC(=O)O)c(C)cc1SCc1ccccc1OCc1ccc(C(F)(F)F)cc1. The van der Waals surface area contributed by atoms with E-state index in [1.807, 2.05) is 37.3 Å². The fourth-order valence-electron chi connectivity index (χ4n) is 3.08. The number of benzene rings is 3. The Bertz CT molecular complexity index is 1130. The van der Waals surface area contributed by atoms with Crippen molar-refractivity contribution in [3.63, 3.8) is 0 Å². The average Bonchev–Trinajstić information content (AvgIpc) is 2.80. The van der Waals surface area contributed by atoms with Crippen molar-refractivity contribution in [1.82, 2.24) is 0 Å². The zero-order chi connectivity index (χ0) is 24.7. The Hall–Kier alpha value is -3.33. The van der Waals surface area contributed by atoms with E-state index in [0.29, 0.717) is 28.6 Å². The molecular formula is C25H23F3O5S. The van der Waals surface area contributed by atoms with Gasteiger partial charge in [0.05, 0.1) is 17.6 Å². The van der Waals surface area contributed by atoms with Crippen LogP contribution in [0.25, 0.3) is 0 Å². The van der Waals surface area contributed by atoms with Crippen LogP contribution in [0.5, 0.6) is 17.2 Å². The molecule has 0 amide bonds. The van der Waals surface area contributed by atoms with Gasteiger partial charge in [-0.05, 0) is 42.3 Å². The Morgan fingerprint density at radius 1 is 0.971 bits per heavy atom. The highest BCUT2D eigenvalue weighted by atomic mass is 32.2. The predicted octanol–water partition coefficient (Wildman–Crippen LogP) is 6.36. The number of carboxylic acid groups (broad SMARTS) is 1. The molecule has 34 heavy (non-hydrogen) atoms. The largest absolute Gasteiger partial charge is 0.495 e. The number of hydrogen-bond donors (Lipinski definition) is 1. The normalized spacial score (nSPS) is 11.2. The van der Waals surface area contributed by atoms with E-state index in [0.717, 1.165) is 28.2 Å². The molecule has 0 fully saturated rings. The summed E-state index contributed by atoms with van der Waals surface area (Å²) in [5.41, 5.74) is 1.61. The molecular weight excluding hydrogens is 469 g/mol. The van der Waals surface area contributed by atoms with Gasteiger partial charge in [0.1, 0.15) is 23.9 Å². The quantitative estimate of drug-likeness (QED) is 0.333. The van der Waals surface area contributed by atoms with Crippen molar-refractivity contribution in [1.29, 1.82) is 0 Å². The topological polar surface area (TPSA) is 65.0 Å². The minimum absolute atomic E-state index is 0.137. The third-order valence-corrected chi connectivity index (χ3v) is 5.93. The molecule has 180 valence electrons. The fraction of sp³-hybridized carbons (Fsp3) is 0.240. The standard InChI is InChI=1S/C25H23F3O5S/c1-16-11-23(22(31-2)12-21(16)33-14-24(29)30)34-15-18-5-3-4-6-20(18)32-13-17-7-9-19(10-8-17)25(26,27)28/h3-12H,13-15H2,1-2H3,(H,29,30). The van der Waals surface area contributed by atoms with Gasteiger partial charge in [-0.2, -0.15) is 13.2 Å². The summed E-state index contributed by atoms with van der Waals surface area (Å²) in [6, 6.07) is 15.9. The molecule has 0 bridgehead atoms. The molecule has 0 heterocycles. The number of alkyl halides is 3. The van der Waals surface area contributed by atoms with E-state index in [1.54, 1.807) is 6.07 Å². The molecule has 1 N–H and O–H groups in total. The number of aliphatic carboxylic acids is 1. The molecule has 0 aliphatic carbocycles. The van der Waals surface area contributed by atoms with Crippen LogP contribution in [0.2, 0.25) is 0 Å². The molecule has 9 heteroatoms. The van der Waals surface area contributed by atoms with Crippen molar-refractivity contribution in [2.24, 2.45) is 0 Å². The van der Waals surface area contributed by atoms with Gasteiger partial charge in [0, 0.05) is 17.4 Å². The van der Waals surface area contributed by atoms with Crippen molar-refractivity contribution >= 4 is 17.7 Å². The third-order valence-electron chi connectivity index (χ3n) is 4.84. The Morgan fingerprint density at radius 3 is 2.32 bits per heavy atom. The van der Waals surface area contributed by atoms with Gasteiger partial charge in [0.2, 0.25) is 0 Å². The molecule has 3 rings (SSSR count). The summed E-state index contributed by atoms with van der Waals surface area (Å²) in [6.45, 7) is 1.51. The Morgan fingerprint density at radius 2 is 1.68 bits per heavy atom. The first-order valence-corrected chi connectivity index (χ1v) is 11.2. The fourth-order valence-corrected chi connectivity index (χ4v) is 4.17. The van der Waals surface area contributed by atoms with Gasteiger partial charge in [-0.15, -0.1) is 11.8 Å². The molecule has 0 aliphatic rings. The highest BCUT2D eigenvalue weighted by Gasteiger charge is 2.29. The monoisotopic (exact) mass is 492 g/mol. The van der Waals surface area contributed by atoms with Crippen LogP contribution in [-0.2, 0) is 23.3 Å². The van der Waals surface area contributed by atoms with Crippen molar-refractivity contribution in [3.8, 4) is 17.2 Å². The van der Waals surface area contributed by atoms with Gasteiger partial charge in [-0.1, -0.05) is 30.3 Å². The van der Waals surface area contributed by atoms with Gasteiger partial charge in [-0.3, -0.25) is 0 Å². The highest BCUT2D eigenvalue weighted by molar-refractivity contribution is 7.98. The van der Waals surface area contributed by atoms with E-state index >= 15 is 0 Å². The highest BCUT2D eigenvalue weighted by Crippen LogP contribution is 2.38. The average molecular weight is 493 g/mol. The Kier molecular flexibility index (Phi) is 8.33. The number of para-hydroxylation sites is 1. The van der Waals surface area contributed by atoms with Crippen LogP contribution in [-0.4, -0.2) is 24.8 Å². The number of aryl methyl sites for hydroxylation is 1. The van der Waals surface area contributed by atoms with Crippen molar-refractivity contribution < 1.29 is 37.3 Å². The van der Waals surface area contributed by atoms with E-state index in [-0.39, 0.29) is 6.61 Å². The smallest absolute Gasteiger partial charge is 0.416 e. The number of rotatable bonds is 10. The second-order valence-electron chi connectivity index (χ2n) is 7.33.